The Morgan fingerprint density at radius 3 is 2.38 bits per heavy atom. The maximum Gasteiger partial charge on any atom is 0.330 e. The lowest BCUT2D eigenvalue weighted by Gasteiger charge is -2.08. The Morgan fingerprint density at radius 1 is 1.31 bits per heavy atom. The van der Waals surface area contributed by atoms with Gasteiger partial charge in [0.15, 0.2) is 0 Å². The summed E-state index contributed by atoms with van der Waals surface area (Å²) in [6.45, 7) is 4.55. The van der Waals surface area contributed by atoms with Crippen molar-refractivity contribution >= 4 is 5.97 Å². The number of unbranched alkanes of at least 4 members (excludes halogenated alkanes) is 2. The second kappa shape index (κ2) is 6.66. The van der Waals surface area contributed by atoms with Crippen LogP contribution in [-0.2, 0) is 4.79 Å². The molecule has 0 aromatic heterocycles. The second-order valence-corrected chi connectivity index (χ2v) is 3.52. The van der Waals surface area contributed by atoms with E-state index in [4.69, 9.17) is 5.11 Å². The van der Waals surface area contributed by atoms with E-state index in [2.05, 4.69) is 11.5 Å². The van der Waals surface area contributed by atoms with Gasteiger partial charge in [-0.05, 0) is 39.9 Å². The van der Waals surface area contributed by atoms with Gasteiger partial charge in [-0.3, -0.25) is 0 Å². The number of rotatable bonds is 7. The largest absolute Gasteiger partial charge is 0.478 e. The van der Waals surface area contributed by atoms with Crippen LogP contribution >= 0.6 is 0 Å². The van der Waals surface area contributed by atoms with Gasteiger partial charge in [0, 0.05) is 5.57 Å². The highest BCUT2D eigenvalue weighted by Gasteiger charge is 2.02. The van der Waals surface area contributed by atoms with Gasteiger partial charge in [-0.15, -0.1) is 0 Å². The summed E-state index contributed by atoms with van der Waals surface area (Å²) >= 11 is 0. The van der Waals surface area contributed by atoms with E-state index < -0.39 is 5.97 Å². The molecule has 0 saturated carbocycles. The summed E-state index contributed by atoms with van der Waals surface area (Å²) in [5, 5.41) is 8.52. The van der Waals surface area contributed by atoms with Gasteiger partial charge in [0.2, 0.25) is 0 Å². The summed E-state index contributed by atoms with van der Waals surface area (Å²) < 4.78 is 0. The van der Waals surface area contributed by atoms with Gasteiger partial charge in [0.05, 0.1) is 0 Å². The molecule has 0 unspecified atom stereocenters. The number of hydrogen-bond acceptors (Lipinski definition) is 2. The van der Waals surface area contributed by atoms with Crippen LogP contribution in [0.25, 0.3) is 0 Å². The van der Waals surface area contributed by atoms with Crippen LogP contribution in [0.4, 0.5) is 0 Å². The van der Waals surface area contributed by atoms with E-state index in [1.165, 1.54) is 0 Å². The molecule has 3 nitrogen and oxygen atoms in total. The van der Waals surface area contributed by atoms with Crippen LogP contribution < -0.4 is 0 Å². The van der Waals surface area contributed by atoms with E-state index in [0.29, 0.717) is 12.0 Å². The van der Waals surface area contributed by atoms with E-state index >= 15 is 0 Å². The van der Waals surface area contributed by atoms with Crippen LogP contribution in [0.3, 0.4) is 0 Å². The molecule has 0 aromatic rings. The van der Waals surface area contributed by atoms with Crippen molar-refractivity contribution in [2.24, 2.45) is 0 Å². The SMILES string of the molecule is C=C(CCCCCN(C)C)C(=O)O. The number of aliphatic carboxylic acids is 1. The lowest BCUT2D eigenvalue weighted by molar-refractivity contribution is -0.132. The fourth-order valence-electron chi connectivity index (χ4n) is 1.05. The highest BCUT2D eigenvalue weighted by atomic mass is 16.4. The van der Waals surface area contributed by atoms with Crippen LogP contribution in [-0.4, -0.2) is 36.6 Å². The predicted molar refractivity (Wildman–Crippen MR) is 53.8 cm³/mol. The van der Waals surface area contributed by atoms with E-state index in [1.54, 1.807) is 0 Å². The Kier molecular flexibility index (Phi) is 6.24. The van der Waals surface area contributed by atoms with Crippen molar-refractivity contribution in [3.63, 3.8) is 0 Å². The first-order chi connectivity index (χ1) is 6.04. The Labute approximate surface area is 80.0 Å². The first-order valence-electron chi connectivity index (χ1n) is 4.60. The fraction of sp³-hybridized carbons (Fsp3) is 0.700. The average Bonchev–Trinajstić information content (AvgIpc) is 2.02. The van der Waals surface area contributed by atoms with Gasteiger partial charge in [0.25, 0.3) is 0 Å². The van der Waals surface area contributed by atoms with Crippen LogP contribution in [0.15, 0.2) is 12.2 Å². The summed E-state index contributed by atoms with van der Waals surface area (Å²) in [6.07, 6.45) is 3.74. The minimum Gasteiger partial charge on any atom is -0.478 e. The lowest BCUT2D eigenvalue weighted by Crippen LogP contribution is -2.12. The molecule has 0 amide bonds. The molecule has 0 aliphatic heterocycles. The maximum absolute atomic E-state index is 10.4. The summed E-state index contributed by atoms with van der Waals surface area (Å²) in [6, 6.07) is 0. The van der Waals surface area contributed by atoms with Gasteiger partial charge in [-0.1, -0.05) is 13.0 Å². The van der Waals surface area contributed by atoms with Gasteiger partial charge < -0.3 is 10.0 Å². The van der Waals surface area contributed by atoms with Crippen molar-refractivity contribution in [1.29, 1.82) is 0 Å². The molecule has 0 aromatic carbocycles. The molecule has 0 aliphatic rings. The van der Waals surface area contributed by atoms with E-state index in [9.17, 15) is 4.79 Å². The van der Waals surface area contributed by atoms with E-state index in [-0.39, 0.29) is 0 Å². The lowest BCUT2D eigenvalue weighted by atomic mass is 10.1. The molecule has 0 rings (SSSR count). The Balaban J connectivity index is 3.26. The number of carboxylic acids is 1. The molecule has 0 atom stereocenters. The quantitative estimate of drug-likeness (QED) is 0.485. The molecule has 13 heavy (non-hydrogen) atoms. The standard InChI is InChI=1S/C10H19NO2/c1-9(10(12)13)7-5-4-6-8-11(2)3/h1,4-8H2,2-3H3,(H,12,13). The Bertz CT molecular complexity index is 176. The predicted octanol–water partition coefficient (Wildman–Crippen LogP) is 1.75. The Morgan fingerprint density at radius 2 is 1.92 bits per heavy atom. The summed E-state index contributed by atoms with van der Waals surface area (Å²) in [7, 11) is 4.08. The van der Waals surface area contributed by atoms with Gasteiger partial charge in [-0.2, -0.15) is 0 Å². The molecule has 1 N–H and O–H groups in total. The van der Waals surface area contributed by atoms with Crippen molar-refractivity contribution in [2.45, 2.75) is 25.7 Å². The first kappa shape index (κ1) is 12.2. The zero-order valence-corrected chi connectivity index (χ0v) is 8.55. The summed E-state index contributed by atoms with van der Waals surface area (Å²) in [5.41, 5.74) is 0.324. The highest BCUT2D eigenvalue weighted by molar-refractivity contribution is 5.85. The van der Waals surface area contributed by atoms with Gasteiger partial charge in [0.1, 0.15) is 0 Å². The smallest absolute Gasteiger partial charge is 0.330 e. The average molecular weight is 185 g/mol. The van der Waals surface area contributed by atoms with Crippen molar-refractivity contribution in [3.8, 4) is 0 Å². The minimum atomic E-state index is -0.868. The van der Waals surface area contributed by atoms with Crippen LogP contribution in [0.1, 0.15) is 25.7 Å². The molecular weight excluding hydrogens is 166 g/mol. The molecule has 0 fully saturated rings. The highest BCUT2D eigenvalue weighted by Crippen LogP contribution is 2.07. The van der Waals surface area contributed by atoms with Crippen molar-refractivity contribution in [1.82, 2.24) is 4.90 Å². The fourth-order valence-corrected chi connectivity index (χ4v) is 1.05. The topological polar surface area (TPSA) is 40.5 Å². The monoisotopic (exact) mass is 185 g/mol. The Hall–Kier alpha value is -0.830. The van der Waals surface area contributed by atoms with Gasteiger partial charge in [-0.25, -0.2) is 4.79 Å². The van der Waals surface area contributed by atoms with Gasteiger partial charge >= 0.3 is 5.97 Å². The zero-order valence-electron chi connectivity index (χ0n) is 8.55. The van der Waals surface area contributed by atoms with Crippen LogP contribution in [0.2, 0.25) is 0 Å². The molecule has 0 heterocycles. The van der Waals surface area contributed by atoms with Crippen LogP contribution in [0.5, 0.6) is 0 Å². The third-order valence-electron chi connectivity index (χ3n) is 1.89. The third-order valence-corrected chi connectivity index (χ3v) is 1.89. The first-order valence-corrected chi connectivity index (χ1v) is 4.60. The van der Waals surface area contributed by atoms with E-state index in [0.717, 1.165) is 25.8 Å². The van der Waals surface area contributed by atoms with Crippen molar-refractivity contribution in [2.75, 3.05) is 20.6 Å². The second-order valence-electron chi connectivity index (χ2n) is 3.52. The third kappa shape index (κ3) is 7.53. The molecule has 0 bridgehead atoms. The zero-order chi connectivity index (χ0) is 10.3. The molecule has 76 valence electrons. The maximum atomic E-state index is 10.4. The summed E-state index contributed by atoms with van der Waals surface area (Å²) in [4.78, 5) is 12.5. The minimum absolute atomic E-state index is 0.324. The number of carbonyl (C=O) groups is 1. The molecule has 0 saturated heterocycles. The molecule has 3 heteroatoms. The molecule has 0 aliphatic carbocycles. The number of nitrogens with zero attached hydrogens (tertiary/aromatic N) is 1. The number of carboxylic acid groups (broad SMARTS) is 1. The summed E-state index contributed by atoms with van der Waals surface area (Å²) in [5.74, 6) is -0.868. The van der Waals surface area contributed by atoms with Crippen LogP contribution in [0, 0.1) is 0 Å². The normalized spacial score (nSPS) is 10.4. The molecule has 0 radical (unpaired) electrons. The number of hydrogen-bond donors (Lipinski definition) is 1. The molecule has 0 spiro atoms. The van der Waals surface area contributed by atoms with Crippen molar-refractivity contribution in [3.05, 3.63) is 12.2 Å². The molecular formula is C10H19NO2. The van der Waals surface area contributed by atoms with E-state index in [1.807, 2.05) is 14.1 Å². The van der Waals surface area contributed by atoms with Crippen molar-refractivity contribution < 1.29 is 9.90 Å².